The predicted octanol–water partition coefficient (Wildman–Crippen LogP) is 1.82. The Kier molecular flexibility index (Phi) is 3.06. The highest BCUT2D eigenvalue weighted by Gasteiger charge is 2.13. The predicted molar refractivity (Wildman–Crippen MR) is 55.0 cm³/mol. The normalized spacial score (nSPS) is 16.9. The van der Waals surface area contributed by atoms with Gasteiger partial charge in [-0.1, -0.05) is 6.07 Å². The molecule has 15 heavy (non-hydrogen) atoms. The fourth-order valence-corrected chi connectivity index (χ4v) is 1.50. The van der Waals surface area contributed by atoms with Gasteiger partial charge in [-0.15, -0.1) is 0 Å². The van der Waals surface area contributed by atoms with Crippen molar-refractivity contribution in [3.05, 3.63) is 23.8 Å². The Balaban J connectivity index is 2.27. The van der Waals surface area contributed by atoms with Crippen molar-refractivity contribution in [1.29, 1.82) is 0 Å². The molecule has 0 spiro atoms. The average Bonchev–Trinajstić information content (AvgIpc) is 2.51. The lowest BCUT2D eigenvalue weighted by atomic mass is 10.1. The second kappa shape index (κ2) is 4.49. The van der Waals surface area contributed by atoms with E-state index in [1.165, 1.54) is 0 Å². The molecule has 1 aliphatic heterocycles. The van der Waals surface area contributed by atoms with Crippen LogP contribution in [0.15, 0.2) is 18.2 Å². The number of nitrogens with two attached hydrogens (primary N) is 1. The lowest BCUT2D eigenvalue weighted by molar-refractivity contribution is 0.297. The van der Waals surface area contributed by atoms with Gasteiger partial charge >= 0.3 is 0 Å². The van der Waals surface area contributed by atoms with Gasteiger partial charge in [0.15, 0.2) is 11.5 Å². The minimum atomic E-state index is -0.581. The number of hydrogen-bond acceptors (Lipinski definition) is 3. The Bertz CT molecular complexity index is 343. The molecule has 0 aliphatic carbocycles. The van der Waals surface area contributed by atoms with Gasteiger partial charge in [0.25, 0.3) is 0 Å². The van der Waals surface area contributed by atoms with Crippen molar-refractivity contribution in [3.8, 4) is 11.5 Å². The quantitative estimate of drug-likeness (QED) is 0.811. The maximum absolute atomic E-state index is 12.4. The molecule has 0 bridgehead atoms. The Morgan fingerprint density at radius 1 is 1.27 bits per heavy atom. The molecule has 4 heteroatoms. The molecule has 1 heterocycles. The number of benzene rings is 1. The summed E-state index contributed by atoms with van der Waals surface area (Å²) in [5.74, 6) is 1.37. The molecule has 0 fully saturated rings. The van der Waals surface area contributed by atoms with Crippen LogP contribution in [0.25, 0.3) is 0 Å². The van der Waals surface area contributed by atoms with Crippen LogP contribution in [0, 0.1) is 0 Å². The van der Waals surface area contributed by atoms with Gasteiger partial charge in [-0.2, -0.15) is 0 Å². The molecule has 3 nitrogen and oxygen atoms in total. The molecule has 0 unspecified atom stereocenters. The zero-order valence-electron chi connectivity index (χ0n) is 8.41. The summed E-state index contributed by atoms with van der Waals surface area (Å²) in [5.41, 5.74) is 6.33. The highest BCUT2D eigenvalue weighted by atomic mass is 19.1. The van der Waals surface area contributed by atoms with Crippen LogP contribution in [0.5, 0.6) is 11.5 Å². The molecule has 0 saturated heterocycles. The van der Waals surface area contributed by atoms with Gasteiger partial charge in [0.2, 0.25) is 0 Å². The van der Waals surface area contributed by atoms with Crippen molar-refractivity contribution in [2.45, 2.75) is 12.5 Å². The Hall–Kier alpha value is -1.29. The third-order valence-electron chi connectivity index (χ3n) is 2.37. The van der Waals surface area contributed by atoms with E-state index in [1.807, 2.05) is 0 Å². The molecule has 0 aromatic heterocycles. The summed E-state index contributed by atoms with van der Waals surface area (Å²) in [7, 11) is 0. The van der Waals surface area contributed by atoms with Gasteiger partial charge in [-0.3, -0.25) is 0 Å². The monoisotopic (exact) mass is 211 g/mol. The van der Waals surface area contributed by atoms with Crippen LogP contribution >= 0.6 is 0 Å². The van der Waals surface area contributed by atoms with E-state index in [4.69, 9.17) is 15.2 Å². The smallest absolute Gasteiger partial charge is 0.161 e. The van der Waals surface area contributed by atoms with E-state index >= 15 is 0 Å². The lowest BCUT2D eigenvalue weighted by Gasteiger charge is -2.11. The fourth-order valence-electron chi connectivity index (χ4n) is 1.50. The second-order valence-electron chi connectivity index (χ2n) is 3.52. The number of hydrogen-bond donors (Lipinski definition) is 1. The topological polar surface area (TPSA) is 44.5 Å². The molecule has 2 N–H and O–H groups in total. The second-order valence-corrected chi connectivity index (χ2v) is 3.52. The highest BCUT2D eigenvalue weighted by Crippen LogP contribution is 2.31. The third-order valence-corrected chi connectivity index (χ3v) is 2.37. The molecule has 1 aromatic carbocycles. The molecule has 0 amide bonds. The maximum atomic E-state index is 12.4. The van der Waals surface area contributed by atoms with Crippen molar-refractivity contribution in [2.75, 3.05) is 19.9 Å². The first-order valence-electron chi connectivity index (χ1n) is 5.02. The summed E-state index contributed by atoms with van der Waals surface area (Å²) >= 11 is 0. The Morgan fingerprint density at radius 3 is 2.73 bits per heavy atom. The molecule has 0 radical (unpaired) electrons. The lowest BCUT2D eigenvalue weighted by Crippen LogP contribution is -2.12. The minimum Gasteiger partial charge on any atom is -0.490 e. The zero-order chi connectivity index (χ0) is 10.7. The van der Waals surface area contributed by atoms with Crippen LogP contribution in [0.1, 0.15) is 18.0 Å². The van der Waals surface area contributed by atoms with Gasteiger partial charge in [0.05, 0.1) is 19.3 Å². The summed E-state index contributed by atoms with van der Waals surface area (Å²) in [6.07, 6.45) is 0.860. The molecule has 0 saturated carbocycles. The number of fused-ring (bicyclic) bond motifs is 1. The van der Waals surface area contributed by atoms with E-state index in [9.17, 15) is 4.39 Å². The number of halogens is 1. The number of rotatable bonds is 2. The van der Waals surface area contributed by atoms with Gasteiger partial charge < -0.3 is 15.2 Å². The van der Waals surface area contributed by atoms with Crippen LogP contribution in [0.2, 0.25) is 0 Å². The zero-order valence-corrected chi connectivity index (χ0v) is 8.41. The van der Waals surface area contributed by atoms with Gasteiger partial charge in [0, 0.05) is 6.42 Å². The van der Waals surface area contributed by atoms with Crippen LogP contribution in [-0.4, -0.2) is 19.9 Å². The molecule has 2 rings (SSSR count). The SMILES string of the molecule is N[C@@H](CF)c1ccc2c(c1)OCCCO2. The third kappa shape index (κ3) is 2.21. The Morgan fingerprint density at radius 2 is 2.00 bits per heavy atom. The molecular formula is C11H14FNO2. The van der Waals surface area contributed by atoms with Crippen LogP contribution in [0.4, 0.5) is 4.39 Å². The highest BCUT2D eigenvalue weighted by molar-refractivity contribution is 5.44. The van der Waals surface area contributed by atoms with Crippen molar-refractivity contribution in [3.63, 3.8) is 0 Å². The minimum absolute atomic E-state index is 0.570. The van der Waals surface area contributed by atoms with Crippen LogP contribution < -0.4 is 15.2 Å². The van der Waals surface area contributed by atoms with E-state index < -0.39 is 12.7 Å². The summed E-state index contributed by atoms with van der Waals surface area (Å²) in [5, 5.41) is 0. The molecule has 1 aliphatic rings. The number of alkyl halides is 1. The summed E-state index contributed by atoms with van der Waals surface area (Å²) in [4.78, 5) is 0. The number of ether oxygens (including phenoxy) is 2. The van der Waals surface area contributed by atoms with Crippen LogP contribution in [0.3, 0.4) is 0 Å². The molecule has 1 atom stereocenters. The van der Waals surface area contributed by atoms with E-state index in [1.54, 1.807) is 18.2 Å². The van der Waals surface area contributed by atoms with Crippen LogP contribution in [-0.2, 0) is 0 Å². The van der Waals surface area contributed by atoms with Crippen molar-refractivity contribution < 1.29 is 13.9 Å². The van der Waals surface area contributed by atoms with E-state index in [0.29, 0.717) is 24.7 Å². The first kappa shape index (κ1) is 10.2. The van der Waals surface area contributed by atoms with Crippen molar-refractivity contribution in [1.82, 2.24) is 0 Å². The van der Waals surface area contributed by atoms with Crippen molar-refractivity contribution in [2.24, 2.45) is 5.73 Å². The molecule has 1 aromatic rings. The first-order valence-corrected chi connectivity index (χ1v) is 5.02. The summed E-state index contributed by atoms with van der Waals surface area (Å²) in [6, 6.07) is 4.73. The van der Waals surface area contributed by atoms with Crippen molar-refractivity contribution >= 4 is 0 Å². The van der Waals surface area contributed by atoms with Gasteiger partial charge in [-0.25, -0.2) is 4.39 Å². The first-order chi connectivity index (χ1) is 7.31. The maximum Gasteiger partial charge on any atom is 0.161 e. The standard InChI is InChI=1S/C11H14FNO2/c12-7-9(13)8-2-3-10-11(6-8)15-5-1-4-14-10/h2-3,6,9H,1,4-5,7,13H2/t9-/m0/s1. The Labute approximate surface area is 88.0 Å². The van der Waals surface area contributed by atoms with Gasteiger partial charge in [0.1, 0.15) is 6.67 Å². The average molecular weight is 211 g/mol. The fraction of sp³-hybridized carbons (Fsp3) is 0.455. The van der Waals surface area contributed by atoms with E-state index in [0.717, 1.165) is 12.0 Å². The van der Waals surface area contributed by atoms with Gasteiger partial charge in [-0.05, 0) is 17.7 Å². The molecular weight excluding hydrogens is 197 g/mol. The summed E-state index contributed by atoms with van der Waals surface area (Å²) < 4.78 is 23.3. The molecule has 82 valence electrons. The van der Waals surface area contributed by atoms with E-state index in [-0.39, 0.29) is 0 Å². The van der Waals surface area contributed by atoms with E-state index in [2.05, 4.69) is 0 Å². The summed E-state index contributed by atoms with van der Waals surface area (Å²) in [6.45, 7) is 0.711. The largest absolute Gasteiger partial charge is 0.490 e.